The zero-order valence-corrected chi connectivity index (χ0v) is 18.5. The van der Waals surface area contributed by atoms with Crippen LogP contribution in [0, 0.1) is 0 Å². The van der Waals surface area contributed by atoms with Gasteiger partial charge in [0.25, 0.3) is 11.8 Å². The van der Waals surface area contributed by atoms with Gasteiger partial charge in [0, 0.05) is 48.9 Å². The Morgan fingerprint density at radius 2 is 1.94 bits per heavy atom. The zero-order chi connectivity index (χ0) is 23.2. The van der Waals surface area contributed by atoms with Gasteiger partial charge in [-0.05, 0) is 48.9 Å². The van der Waals surface area contributed by atoms with E-state index in [1.54, 1.807) is 61.8 Å². The number of ether oxygens (including phenoxy) is 2. The molecular formula is C24H25N5O4. The summed E-state index contributed by atoms with van der Waals surface area (Å²) < 4.78 is 12.2. The summed E-state index contributed by atoms with van der Waals surface area (Å²) in [5.41, 5.74) is 2.32. The molecule has 1 aliphatic rings. The highest BCUT2D eigenvalue weighted by Crippen LogP contribution is 2.25. The third-order valence-corrected chi connectivity index (χ3v) is 5.31. The molecule has 1 saturated heterocycles. The number of carbonyl (C=O) groups is 2. The second-order valence-electron chi connectivity index (χ2n) is 7.41. The Morgan fingerprint density at radius 1 is 1.09 bits per heavy atom. The van der Waals surface area contributed by atoms with Crippen molar-refractivity contribution in [1.29, 1.82) is 0 Å². The van der Waals surface area contributed by atoms with E-state index >= 15 is 0 Å². The molecule has 9 heteroatoms. The van der Waals surface area contributed by atoms with E-state index in [9.17, 15) is 9.59 Å². The molecule has 0 aliphatic carbocycles. The number of rotatable bonds is 7. The SMILES string of the molecule is COc1ccc(OC)c(C=CC(=O)N2CCCN2C(=O)Cn2ccc(-c3cccnc3)n2)c1. The molecule has 3 heterocycles. The van der Waals surface area contributed by atoms with Gasteiger partial charge in [0.1, 0.15) is 18.0 Å². The van der Waals surface area contributed by atoms with Crippen LogP contribution < -0.4 is 9.47 Å². The summed E-state index contributed by atoms with van der Waals surface area (Å²) >= 11 is 0. The Bertz CT molecular complexity index is 1160. The van der Waals surface area contributed by atoms with Gasteiger partial charge in [-0.3, -0.25) is 19.3 Å². The maximum absolute atomic E-state index is 12.9. The molecule has 0 spiro atoms. The first kappa shape index (κ1) is 22.1. The summed E-state index contributed by atoms with van der Waals surface area (Å²) in [6.07, 6.45) is 8.99. The molecule has 3 aromatic rings. The molecule has 1 aliphatic heterocycles. The molecule has 0 unspecified atom stereocenters. The van der Waals surface area contributed by atoms with Crippen LogP contribution in [0.2, 0.25) is 0 Å². The molecule has 0 atom stereocenters. The number of hydrazine groups is 1. The standard InChI is InChI=1S/C24H25N5O4/c1-32-20-7-8-22(33-2)18(15-20)6-9-23(30)28-12-4-13-29(28)24(31)17-27-14-10-21(26-27)19-5-3-11-25-16-19/h3,5-11,14-16H,4,12-13,17H2,1-2H3. The van der Waals surface area contributed by atoms with E-state index in [1.807, 2.05) is 18.2 Å². The van der Waals surface area contributed by atoms with Crippen LogP contribution in [0.4, 0.5) is 0 Å². The fourth-order valence-corrected chi connectivity index (χ4v) is 3.66. The predicted molar refractivity (Wildman–Crippen MR) is 122 cm³/mol. The number of carbonyl (C=O) groups excluding carboxylic acids is 2. The first-order valence-electron chi connectivity index (χ1n) is 10.5. The predicted octanol–water partition coefficient (Wildman–Crippen LogP) is 2.65. The van der Waals surface area contributed by atoms with Gasteiger partial charge in [-0.2, -0.15) is 5.10 Å². The molecule has 0 radical (unpaired) electrons. The Morgan fingerprint density at radius 3 is 2.70 bits per heavy atom. The number of amides is 2. The summed E-state index contributed by atoms with van der Waals surface area (Å²) in [5, 5.41) is 7.42. The second kappa shape index (κ2) is 9.99. The minimum atomic E-state index is -0.276. The molecule has 4 rings (SSSR count). The van der Waals surface area contributed by atoms with Gasteiger partial charge >= 0.3 is 0 Å². The van der Waals surface area contributed by atoms with Crippen molar-refractivity contribution < 1.29 is 19.1 Å². The molecule has 1 aromatic carbocycles. The number of nitrogens with zero attached hydrogens (tertiary/aromatic N) is 5. The van der Waals surface area contributed by atoms with Crippen molar-refractivity contribution in [3.8, 4) is 22.8 Å². The smallest absolute Gasteiger partial charge is 0.265 e. The van der Waals surface area contributed by atoms with E-state index in [-0.39, 0.29) is 18.4 Å². The first-order valence-corrected chi connectivity index (χ1v) is 10.5. The van der Waals surface area contributed by atoms with E-state index in [4.69, 9.17) is 9.47 Å². The lowest BCUT2D eigenvalue weighted by Crippen LogP contribution is -2.45. The van der Waals surface area contributed by atoms with Crippen LogP contribution in [0.5, 0.6) is 11.5 Å². The Kier molecular flexibility index (Phi) is 6.68. The molecule has 33 heavy (non-hydrogen) atoms. The highest BCUT2D eigenvalue weighted by atomic mass is 16.5. The van der Waals surface area contributed by atoms with Crippen LogP contribution in [-0.4, -0.2) is 63.9 Å². The minimum absolute atomic E-state index is 0.0392. The first-order chi connectivity index (χ1) is 16.1. The van der Waals surface area contributed by atoms with Crippen molar-refractivity contribution >= 4 is 17.9 Å². The van der Waals surface area contributed by atoms with Crippen molar-refractivity contribution in [2.24, 2.45) is 0 Å². The highest BCUT2D eigenvalue weighted by Gasteiger charge is 2.29. The molecule has 0 bridgehead atoms. The quantitative estimate of drug-likeness (QED) is 0.518. The van der Waals surface area contributed by atoms with Gasteiger partial charge in [-0.25, -0.2) is 10.0 Å². The average Bonchev–Trinajstić information content (AvgIpc) is 3.53. The number of aromatic nitrogens is 3. The van der Waals surface area contributed by atoms with Gasteiger partial charge in [-0.15, -0.1) is 0 Å². The largest absolute Gasteiger partial charge is 0.497 e. The van der Waals surface area contributed by atoms with Crippen molar-refractivity contribution in [1.82, 2.24) is 24.8 Å². The highest BCUT2D eigenvalue weighted by molar-refractivity contribution is 5.93. The average molecular weight is 447 g/mol. The lowest BCUT2D eigenvalue weighted by Gasteiger charge is -2.26. The topological polar surface area (TPSA) is 89.8 Å². The van der Waals surface area contributed by atoms with Crippen molar-refractivity contribution in [3.05, 3.63) is 66.6 Å². The van der Waals surface area contributed by atoms with Gasteiger partial charge in [0.15, 0.2) is 0 Å². The molecular weight excluding hydrogens is 422 g/mol. The van der Waals surface area contributed by atoms with Crippen LogP contribution in [0.25, 0.3) is 17.3 Å². The van der Waals surface area contributed by atoms with Crippen LogP contribution in [-0.2, 0) is 16.1 Å². The van der Waals surface area contributed by atoms with Crippen molar-refractivity contribution in [2.45, 2.75) is 13.0 Å². The molecule has 0 N–H and O–H groups in total. The normalized spacial score (nSPS) is 13.5. The molecule has 170 valence electrons. The van der Waals surface area contributed by atoms with Gasteiger partial charge in [0.05, 0.1) is 19.9 Å². The second-order valence-corrected chi connectivity index (χ2v) is 7.41. The number of hydrogen-bond acceptors (Lipinski definition) is 6. The minimum Gasteiger partial charge on any atom is -0.497 e. The fourth-order valence-electron chi connectivity index (χ4n) is 3.66. The summed E-state index contributed by atoms with van der Waals surface area (Å²) in [6, 6.07) is 10.9. The van der Waals surface area contributed by atoms with E-state index in [0.29, 0.717) is 36.6 Å². The fraction of sp³-hybridized carbons (Fsp3) is 0.250. The van der Waals surface area contributed by atoms with E-state index < -0.39 is 0 Å². The van der Waals surface area contributed by atoms with Crippen LogP contribution in [0.1, 0.15) is 12.0 Å². The molecule has 2 amide bonds. The molecule has 9 nitrogen and oxygen atoms in total. The summed E-state index contributed by atoms with van der Waals surface area (Å²) in [4.78, 5) is 29.9. The maximum Gasteiger partial charge on any atom is 0.265 e. The van der Waals surface area contributed by atoms with Gasteiger partial charge in [0.2, 0.25) is 0 Å². The third-order valence-electron chi connectivity index (χ3n) is 5.31. The van der Waals surface area contributed by atoms with Crippen LogP contribution in [0.15, 0.2) is 61.1 Å². The van der Waals surface area contributed by atoms with Crippen LogP contribution in [0.3, 0.4) is 0 Å². The summed E-state index contributed by atoms with van der Waals surface area (Å²) in [7, 11) is 3.14. The number of benzene rings is 1. The number of hydrogen-bond donors (Lipinski definition) is 0. The number of pyridine rings is 1. The Balaban J connectivity index is 1.43. The lowest BCUT2D eigenvalue weighted by atomic mass is 10.1. The van der Waals surface area contributed by atoms with Gasteiger partial charge in [-0.1, -0.05) is 0 Å². The van der Waals surface area contributed by atoms with Gasteiger partial charge < -0.3 is 9.47 Å². The summed E-state index contributed by atoms with van der Waals surface area (Å²) in [6.45, 7) is 0.999. The zero-order valence-electron chi connectivity index (χ0n) is 18.5. The summed E-state index contributed by atoms with van der Waals surface area (Å²) in [5.74, 6) is 0.805. The monoisotopic (exact) mass is 447 g/mol. The molecule has 1 fully saturated rings. The lowest BCUT2D eigenvalue weighted by molar-refractivity contribution is -0.155. The van der Waals surface area contributed by atoms with E-state index in [0.717, 1.165) is 11.3 Å². The maximum atomic E-state index is 12.9. The molecule has 0 saturated carbocycles. The van der Waals surface area contributed by atoms with Crippen LogP contribution >= 0.6 is 0 Å². The van der Waals surface area contributed by atoms with Crippen molar-refractivity contribution in [3.63, 3.8) is 0 Å². The van der Waals surface area contributed by atoms with E-state index in [1.165, 1.54) is 16.1 Å². The molecule has 2 aromatic heterocycles. The third kappa shape index (κ3) is 5.03. The Labute approximate surface area is 191 Å². The Hall–Kier alpha value is -4.14. The van der Waals surface area contributed by atoms with Crippen molar-refractivity contribution in [2.75, 3.05) is 27.3 Å². The van der Waals surface area contributed by atoms with E-state index in [2.05, 4.69) is 10.1 Å². The number of methoxy groups -OCH3 is 2.